The number of amides is 2. The van der Waals surface area contributed by atoms with E-state index in [1.165, 1.54) is 6.07 Å². The van der Waals surface area contributed by atoms with Crippen LogP contribution in [0.1, 0.15) is 70.8 Å². The molecule has 178 valence electrons. The highest BCUT2D eigenvalue weighted by molar-refractivity contribution is 7.80. The molecule has 0 saturated carbocycles. The summed E-state index contributed by atoms with van der Waals surface area (Å²) < 4.78 is 25.5. The van der Waals surface area contributed by atoms with Gasteiger partial charge in [0, 0.05) is 16.7 Å². The largest absolute Gasteiger partial charge is 0.471 e. The molecule has 1 aliphatic carbocycles. The molecule has 0 aromatic heterocycles. The van der Waals surface area contributed by atoms with Crippen LogP contribution in [0.5, 0.6) is 0 Å². The van der Waals surface area contributed by atoms with Crippen molar-refractivity contribution in [3.05, 3.63) is 39.7 Å². The van der Waals surface area contributed by atoms with E-state index in [0.717, 1.165) is 43.1 Å². The van der Waals surface area contributed by atoms with E-state index in [-0.39, 0.29) is 27.4 Å². The molecule has 33 heavy (non-hydrogen) atoms. The lowest BCUT2D eigenvalue weighted by molar-refractivity contribution is -0.152. The van der Waals surface area contributed by atoms with Crippen LogP contribution in [-0.4, -0.2) is 35.5 Å². The van der Waals surface area contributed by atoms with Gasteiger partial charge in [-0.1, -0.05) is 38.3 Å². The Kier molecular flexibility index (Phi) is 8.59. The van der Waals surface area contributed by atoms with Crippen LogP contribution in [0.2, 0.25) is 5.02 Å². The fourth-order valence-corrected chi connectivity index (χ4v) is 4.54. The molecule has 1 unspecified atom stereocenters. The van der Waals surface area contributed by atoms with Gasteiger partial charge in [0.15, 0.2) is 11.7 Å². The number of nitrogens with zero attached hydrogens (tertiary/aromatic N) is 1. The van der Waals surface area contributed by atoms with Gasteiger partial charge in [0.2, 0.25) is 0 Å². The highest BCUT2D eigenvalue weighted by Gasteiger charge is 2.41. The van der Waals surface area contributed by atoms with Gasteiger partial charge < -0.3 is 9.47 Å². The van der Waals surface area contributed by atoms with Gasteiger partial charge in [-0.05, 0) is 62.9 Å². The van der Waals surface area contributed by atoms with Gasteiger partial charge in [0.25, 0.3) is 11.8 Å². The number of carbonyl (C=O) groups is 3. The first-order valence-corrected chi connectivity index (χ1v) is 12.0. The summed E-state index contributed by atoms with van der Waals surface area (Å²) >= 11 is 11.4. The molecule has 6 nitrogen and oxygen atoms in total. The lowest BCUT2D eigenvalue weighted by Crippen LogP contribution is -2.32. The van der Waals surface area contributed by atoms with E-state index in [9.17, 15) is 18.8 Å². The first-order chi connectivity index (χ1) is 15.8. The molecule has 9 heteroatoms. The third-order valence-corrected chi connectivity index (χ3v) is 6.49. The zero-order chi connectivity index (χ0) is 24.1. The van der Waals surface area contributed by atoms with Crippen LogP contribution < -0.4 is 4.90 Å². The van der Waals surface area contributed by atoms with Crippen molar-refractivity contribution >= 4 is 52.3 Å². The van der Waals surface area contributed by atoms with E-state index in [1.54, 1.807) is 0 Å². The normalized spacial score (nSPS) is 16.7. The molecule has 1 atom stereocenters. The molecule has 2 amide bonds. The van der Waals surface area contributed by atoms with E-state index >= 15 is 0 Å². The predicted octanol–water partition coefficient (Wildman–Crippen LogP) is 5.43. The van der Waals surface area contributed by atoms with E-state index in [2.05, 4.69) is 6.92 Å². The van der Waals surface area contributed by atoms with E-state index in [4.69, 9.17) is 33.3 Å². The van der Waals surface area contributed by atoms with Crippen molar-refractivity contribution in [2.45, 2.75) is 71.3 Å². The summed E-state index contributed by atoms with van der Waals surface area (Å²) in [5.41, 5.74) is 0.756. The first kappa shape index (κ1) is 25.3. The number of anilines is 1. The zero-order valence-corrected chi connectivity index (χ0v) is 20.3. The number of benzene rings is 1. The number of carbonyl (C=O) groups excluding carboxylic acids is 3. The molecule has 1 aromatic carbocycles. The highest BCUT2D eigenvalue weighted by atomic mass is 35.5. The SMILES string of the molecule is CCCCC(CC)OC(=O)COC(=S)c1cc(N2C(=O)C3=C(CCCC3)C2=O)c(F)cc1Cl. The molecule has 0 spiro atoms. The number of ether oxygens (including phenoxy) is 2. The van der Waals surface area contributed by atoms with Crippen molar-refractivity contribution in [3.8, 4) is 0 Å². The first-order valence-electron chi connectivity index (χ1n) is 11.2. The Morgan fingerprint density at radius 1 is 1.18 bits per heavy atom. The summed E-state index contributed by atoms with van der Waals surface area (Å²) in [5.74, 6) is -2.43. The summed E-state index contributed by atoms with van der Waals surface area (Å²) in [6.07, 6.45) is 5.84. The maximum Gasteiger partial charge on any atom is 0.344 e. The standard InChI is InChI=1S/C24H27ClFNO5S/c1-3-5-8-14(4-2)32-21(28)13-31-24(33)17-11-20(19(26)12-18(17)25)27-22(29)15-9-6-7-10-16(15)23(27)30/h11-12,14H,3-10,13H2,1-2H3. The van der Waals surface area contributed by atoms with Crippen molar-refractivity contribution < 1.29 is 28.2 Å². The third kappa shape index (κ3) is 5.61. The fraction of sp³-hybridized carbons (Fsp3) is 0.500. The van der Waals surface area contributed by atoms with Crippen LogP contribution in [-0.2, 0) is 23.9 Å². The van der Waals surface area contributed by atoms with Crippen molar-refractivity contribution in [3.63, 3.8) is 0 Å². The second-order valence-electron chi connectivity index (χ2n) is 8.13. The number of thiocarbonyl (C=S) groups is 1. The molecular weight excluding hydrogens is 469 g/mol. The summed E-state index contributed by atoms with van der Waals surface area (Å²) in [5, 5.41) is -0.211. The number of hydrogen-bond donors (Lipinski definition) is 0. The average Bonchev–Trinajstić information content (AvgIpc) is 3.05. The molecule has 0 saturated heterocycles. The second kappa shape index (κ2) is 11.2. The molecular formula is C24H27ClFNO5S. The quantitative estimate of drug-likeness (QED) is 0.258. The highest BCUT2D eigenvalue weighted by Crippen LogP contribution is 2.38. The Morgan fingerprint density at radius 2 is 1.82 bits per heavy atom. The summed E-state index contributed by atoms with van der Waals surface area (Å²) in [6, 6.07) is 2.20. The molecule has 0 fully saturated rings. The van der Waals surface area contributed by atoms with Crippen LogP contribution in [0.4, 0.5) is 10.1 Å². The van der Waals surface area contributed by atoms with Crippen molar-refractivity contribution in [2.24, 2.45) is 0 Å². The Balaban J connectivity index is 1.72. The molecule has 0 N–H and O–H groups in total. The number of imide groups is 1. The Morgan fingerprint density at radius 3 is 2.39 bits per heavy atom. The van der Waals surface area contributed by atoms with Gasteiger partial charge in [-0.2, -0.15) is 0 Å². The summed E-state index contributed by atoms with van der Waals surface area (Å²) in [6.45, 7) is 3.57. The van der Waals surface area contributed by atoms with Gasteiger partial charge >= 0.3 is 5.97 Å². The average molecular weight is 496 g/mol. The van der Waals surface area contributed by atoms with Gasteiger partial charge in [-0.3, -0.25) is 9.59 Å². The van der Waals surface area contributed by atoms with Crippen LogP contribution >= 0.6 is 23.8 Å². The van der Waals surface area contributed by atoms with Crippen molar-refractivity contribution in [2.75, 3.05) is 11.5 Å². The van der Waals surface area contributed by atoms with Crippen LogP contribution in [0.3, 0.4) is 0 Å². The third-order valence-electron chi connectivity index (χ3n) is 5.84. The Bertz CT molecular complexity index is 981. The number of hydrogen-bond acceptors (Lipinski definition) is 6. The number of rotatable bonds is 9. The van der Waals surface area contributed by atoms with E-state index < -0.39 is 30.2 Å². The molecule has 0 bridgehead atoms. The number of esters is 1. The van der Waals surface area contributed by atoms with E-state index in [1.807, 2.05) is 6.92 Å². The lowest BCUT2D eigenvalue weighted by atomic mass is 9.93. The van der Waals surface area contributed by atoms with Crippen LogP contribution in [0.15, 0.2) is 23.3 Å². The lowest BCUT2D eigenvalue weighted by Gasteiger charge is -2.19. The van der Waals surface area contributed by atoms with Crippen LogP contribution in [0.25, 0.3) is 0 Å². The van der Waals surface area contributed by atoms with Gasteiger partial charge in [-0.25, -0.2) is 14.1 Å². The topological polar surface area (TPSA) is 72.9 Å². The summed E-state index contributed by atoms with van der Waals surface area (Å²) in [4.78, 5) is 38.6. The summed E-state index contributed by atoms with van der Waals surface area (Å²) in [7, 11) is 0. The maximum absolute atomic E-state index is 14.8. The van der Waals surface area contributed by atoms with Gasteiger partial charge in [0.05, 0.1) is 10.7 Å². The molecule has 2 aliphatic rings. The van der Waals surface area contributed by atoms with Gasteiger partial charge in [-0.15, -0.1) is 0 Å². The van der Waals surface area contributed by atoms with Gasteiger partial charge in [0.1, 0.15) is 11.9 Å². The molecule has 3 rings (SSSR count). The predicted molar refractivity (Wildman–Crippen MR) is 127 cm³/mol. The minimum atomic E-state index is -0.825. The van der Waals surface area contributed by atoms with Crippen molar-refractivity contribution in [1.82, 2.24) is 0 Å². The molecule has 1 heterocycles. The smallest absolute Gasteiger partial charge is 0.344 e. The van der Waals surface area contributed by atoms with Crippen molar-refractivity contribution in [1.29, 1.82) is 0 Å². The van der Waals surface area contributed by atoms with Crippen LogP contribution in [0, 0.1) is 5.82 Å². The monoisotopic (exact) mass is 495 g/mol. The Hall–Kier alpha value is -2.32. The minimum absolute atomic E-state index is 0.0548. The molecule has 1 aliphatic heterocycles. The number of halogens is 2. The maximum atomic E-state index is 14.8. The van der Waals surface area contributed by atoms with E-state index in [0.29, 0.717) is 30.4 Å². The molecule has 0 radical (unpaired) electrons. The zero-order valence-electron chi connectivity index (χ0n) is 18.7. The number of unbranched alkanes of at least 4 members (excludes halogenated alkanes) is 1. The Labute approximate surface area is 203 Å². The second-order valence-corrected chi connectivity index (χ2v) is 8.91. The molecule has 1 aromatic rings. The fourth-order valence-electron chi connectivity index (χ4n) is 4.02. The minimum Gasteiger partial charge on any atom is -0.471 e.